The Morgan fingerprint density at radius 1 is 1.27 bits per heavy atom. The largest absolute Gasteiger partial charge is 0.360 e. The highest BCUT2D eigenvalue weighted by Gasteiger charge is 2.21. The van der Waals surface area contributed by atoms with Crippen molar-refractivity contribution in [2.75, 3.05) is 26.2 Å². The molecule has 118 valence electrons. The molecule has 1 amide bonds. The zero-order valence-electron chi connectivity index (χ0n) is 13.3. The fraction of sp³-hybridized carbons (Fsp3) is 0.438. The second-order valence-electron chi connectivity index (χ2n) is 4.98. The minimum Gasteiger partial charge on any atom is -0.360 e. The van der Waals surface area contributed by atoms with E-state index in [4.69, 9.17) is 4.52 Å². The number of aryl methyl sites for hydroxylation is 1. The molecule has 0 aromatic carbocycles. The summed E-state index contributed by atoms with van der Waals surface area (Å²) in [7, 11) is 0. The number of amides is 1. The Kier molecular flexibility index (Phi) is 5.66. The second-order valence-corrected chi connectivity index (χ2v) is 4.98. The van der Waals surface area contributed by atoms with Gasteiger partial charge in [0.2, 0.25) is 0 Å². The van der Waals surface area contributed by atoms with Crippen LogP contribution in [0.1, 0.15) is 30.0 Å². The Labute approximate surface area is 130 Å². The molecule has 6 heteroatoms. The number of hydrogen-bond donors (Lipinski definition) is 1. The van der Waals surface area contributed by atoms with Gasteiger partial charge in [-0.3, -0.25) is 9.78 Å². The number of nitrogens with one attached hydrogen (secondary N) is 1. The Morgan fingerprint density at radius 3 is 2.59 bits per heavy atom. The van der Waals surface area contributed by atoms with Gasteiger partial charge in [0, 0.05) is 31.0 Å². The smallest absolute Gasteiger partial charge is 0.257 e. The number of pyridine rings is 1. The number of nitrogens with zero attached hydrogens (tertiary/aromatic N) is 3. The summed E-state index contributed by atoms with van der Waals surface area (Å²) in [5.41, 5.74) is 1.87. The van der Waals surface area contributed by atoms with E-state index in [1.807, 2.05) is 12.1 Å². The van der Waals surface area contributed by atoms with Crippen LogP contribution in [0.25, 0.3) is 11.3 Å². The number of hydrogen-bond acceptors (Lipinski definition) is 5. The van der Waals surface area contributed by atoms with Crippen molar-refractivity contribution < 1.29 is 9.32 Å². The van der Waals surface area contributed by atoms with E-state index >= 15 is 0 Å². The van der Waals surface area contributed by atoms with Crippen LogP contribution in [0.5, 0.6) is 0 Å². The molecule has 0 aliphatic rings. The Hall–Kier alpha value is -2.21. The van der Waals surface area contributed by atoms with Gasteiger partial charge in [0.15, 0.2) is 0 Å². The number of carbonyl (C=O) groups excluding carboxylic acids is 1. The molecule has 0 atom stereocenters. The molecule has 0 fully saturated rings. The molecule has 2 rings (SSSR count). The highest BCUT2D eigenvalue weighted by atomic mass is 16.5. The molecule has 2 heterocycles. The fourth-order valence-electron chi connectivity index (χ4n) is 2.30. The third-order valence-corrected chi connectivity index (χ3v) is 3.65. The zero-order chi connectivity index (χ0) is 15.9. The van der Waals surface area contributed by atoms with Gasteiger partial charge in [0.25, 0.3) is 5.91 Å². The molecule has 0 aliphatic carbocycles. The van der Waals surface area contributed by atoms with Gasteiger partial charge in [0.05, 0.1) is 0 Å². The maximum Gasteiger partial charge on any atom is 0.257 e. The number of rotatable bonds is 7. The molecule has 1 N–H and O–H groups in total. The van der Waals surface area contributed by atoms with Crippen LogP contribution < -0.4 is 5.32 Å². The Bertz CT molecular complexity index is 606. The molecule has 0 radical (unpaired) electrons. The Morgan fingerprint density at radius 2 is 1.95 bits per heavy atom. The first kappa shape index (κ1) is 16.2. The number of likely N-dealkylation sites (N-methyl/N-ethyl adjacent to an activating group) is 1. The van der Waals surface area contributed by atoms with Gasteiger partial charge in [-0.2, -0.15) is 0 Å². The maximum atomic E-state index is 12.4. The van der Waals surface area contributed by atoms with Crippen LogP contribution in [-0.4, -0.2) is 47.1 Å². The summed E-state index contributed by atoms with van der Waals surface area (Å²) in [5, 5.41) is 6.95. The summed E-state index contributed by atoms with van der Waals surface area (Å²) in [6.45, 7) is 9.33. The van der Waals surface area contributed by atoms with Crippen LogP contribution >= 0.6 is 0 Å². The average molecular weight is 302 g/mol. The van der Waals surface area contributed by atoms with Gasteiger partial charge in [-0.15, -0.1) is 0 Å². The molecule has 2 aromatic heterocycles. The molecule has 22 heavy (non-hydrogen) atoms. The molecule has 0 saturated carbocycles. The third-order valence-electron chi connectivity index (χ3n) is 3.65. The molecule has 0 saturated heterocycles. The lowest BCUT2D eigenvalue weighted by Crippen LogP contribution is -2.35. The van der Waals surface area contributed by atoms with Crippen molar-refractivity contribution >= 4 is 5.91 Å². The summed E-state index contributed by atoms with van der Waals surface area (Å²) in [4.78, 5) is 18.7. The molecule has 6 nitrogen and oxygen atoms in total. The lowest BCUT2D eigenvalue weighted by molar-refractivity contribution is 0.0948. The minimum atomic E-state index is -0.155. The van der Waals surface area contributed by atoms with Gasteiger partial charge in [-0.05, 0) is 32.1 Å². The van der Waals surface area contributed by atoms with Crippen molar-refractivity contribution in [3.8, 4) is 11.3 Å². The predicted molar refractivity (Wildman–Crippen MR) is 84.6 cm³/mol. The standard InChI is InChI=1S/C16H22N4O2/c1-4-20(5-2)11-10-18-16(21)14-12(3)22-19-15(14)13-6-8-17-9-7-13/h6-9H,4-5,10-11H2,1-3H3,(H,18,21). The van der Waals surface area contributed by atoms with E-state index < -0.39 is 0 Å². The first-order valence-electron chi connectivity index (χ1n) is 7.54. The Balaban J connectivity index is 2.09. The van der Waals surface area contributed by atoms with Gasteiger partial charge >= 0.3 is 0 Å². The molecule has 0 aliphatic heterocycles. The van der Waals surface area contributed by atoms with Crippen molar-refractivity contribution in [1.29, 1.82) is 0 Å². The molecule has 0 spiro atoms. The van der Waals surface area contributed by atoms with E-state index in [2.05, 4.69) is 34.2 Å². The van der Waals surface area contributed by atoms with Crippen LogP contribution in [0.4, 0.5) is 0 Å². The van der Waals surface area contributed by atoms with Crippen LogP contribution in [0.15, 0.2) is 29.0 Å². The van der Waals surface area contributed by atoms with Crippen molar-refractivity contribution in [1.82, 2.24) is 20.4 Å². The highest BCUT2D eigenvalue weighted by molar-refractivity contribution is 6.00. The average Bonchev–Trinajstić information content (AvgIpc) is 2.94. The molecular formula is C16H22N4O2. The third kappa shape index (κ3) is 3.71. The summed E-state index contributed by atoms with van der Waals surface area (Å²) >= 11 is 0. The molecular weight excluding hydrogens is 280 g/mol. The number of carbonyl (C=O) groups is 1. The van der Waals surface area contributed by atoms with Gasteiger partial charge < -0.3 is 14.7 Å². The van der Waals surface area contributed by atoms with Crippen LogP contribution in [0, 0.1) is 6.92 Å². The van der Waals surface area contributed by atoms with E-state index in [0.29, 0.717) is 23.6 Å². The quantitative estimate of drug-likeness (QED) is 0.848. The van der Waals surface area contributed by atoms with Crippen LogP contribution in [-0.2, 0) is 0 Å². The maximum absolute atomic E-state index is 12.4. The summed E-state index contributed by atoms with van der Waals surface area (Å²) in [6.07, 6.45) is 3.34. The monoisotopic (exact) mass is 302 g/mol. The molecule has 0 unspecified atom stereocenters. The topological polar surface area (TPSA) is 71.3 Å². The van der Waals surface area contributed by atoms with Crippen LogP contribution in [0.3, 0.4) is 0 Å². The van der Waals surface area contributed by atoms with Crippen molar-refractivity contribution in [2.24, 2.45) is 0 Å². The lowest BCUT2D eigenvalue weighted by atomic mass is 10.1. The zero-order valence-corrected chi connectivity index (χ0v) is 13.3. The van der Waals surface area contributed by atoms with Gasteiger partial charge in [0.1, 0.15) is 17.0 Å². The first-order valence-corrected chi connectivity index (χ1v) is 7.54. The number of aromatic nitrogens is 2. The summed E-state index contributed by atoms with van der Waals surface area (Å²) in [6, 6.07) is 3.62. The van der Waals surface area contributed by atoms with E-state index in [0.717, 1.165) is 25.2 Å². The SMILES string of the molecule is CCN(CC)CCNC(=O)c1c(-c2ccncc2)noc1C. The minimum absolute atomic E-state index is 0.155. The van der Waals surface area contributed by atoms with Gasteiger partial charge in [-0.1, -0.05) is 19.0 Å². The molecule has 0 bridgehead atoms. The normalized spacial score (nSPS) is 10.9. The summed E-state index contributed by atoms with van der Waals surface area (Å²) in [5.74, 6) is 0.366. The highest BCUT2D eigenvalue weighted by Crippen LogP contribution is 2.24. The fourth-order valence-corrected chi connectivity index (χ4v) is 2.30. The van der Waals surface area contributed by atoms with Crippen molar-refractivity contribution in [3.63, 3.8) is 0 Å². The lowest BCUT2D eigenvalue weighted by Gasteiger charge is -2.17. The summed E-state index contributed by atoms with van der Waals surface area (Å²) < 4.78 is 5.20. The van der Waals surface area contributed by atoms with E-state index in [1.165, 1.54) is 0 Å². The van der Waals surface area contributed by atoms with E-state index in [-0.39, 0.29) is 5.91 Å². The van der Waals surface area contributed by atoms with Crippen molar-refractivity contribution in [3.05, 3.63) is 35.9 Å². The van der Waals surface area contributed by atoms with Crippen LogP contribution in [0.2, 0.25) is 0 Å². The van der Waals surface area contributed by atoms with E-state index in [1.54, 1.807) is 19.3 Å². The molecule has 2 aromatic rings. The van der Waals surface area contributed by atoms with E-state index in [9.17, 15) is 4.79 Å². The van der Waals surface area contributed by atoms with Crippen molar-refractivity contribution in [2.45, 2.75) is 20.8 Å². The van der Waals surface area contributed by atoms with Gasteiger partial charge in [-0.25, -0.2) is 0 Å². The second kappa shape index (κ2) is 7.70. The predicted octanol–water partition coefficient (Wildman–Crippen LogP) is 2.12. The first-order chi connectivity index (χ1) is 10.7.